The zero-order chi connectivity index (χ0) is 13.6. The Morgan fingerprint density at radius 1 is 1.39 bits per heavy atom. The van der Waals surface area contributed by atoms with Gasteiger partial charge < -0.3 is 10.4 Å². The van der Waals surface area contributed by atoms with Crippen molar-refractivity contribution in [1.82, 2.24) is 5.32 Å². The zero-order valence-electron chi connectivity index (χ0n) is 10.9. The highest BCUT2D eigenvalue weighted by molar-refractivity contribution is 6.30. The average Bonchev–Trinajstić information content (AvgIpc) is 2.40. The highest BCUT2D eigenvalue weighted by Gasteiger charge is 2.25. The normalized spacial score (nSPS) is 11.3. The van der Waals surface area contributed by atoms with Crippen molar-refractivity contribution in [2.45, 2.75) is 26.7 Å². The molecule has 0 bridgehead atoms. The van der Waals surface area contributed by atoms with Crippen LogP contribution in [0, 0.1) is 5.41 Å². The molecule has 3 nitrogen and oxygen atoms in total. The van der Waals surface area contributed by atoms with E-state index in [2.05, 4.69) is 5.32 Å². The van der Waals surface area contributed by atoms with Crippen molar-refractivity contribution in [3.63, 3.8) is 0 Å². The van der Waals surface area contributed by atoms with Gasteiger partial charge in [-0.2, -0.15) is 0 Å². The number of halogens is 1. The first-order chi connectivity index (χ1) is 8.56. The fourth-order valence-electron chi connectivity index (χ4n) is 1.78. The standard InChI is InChI=1S/C14H20ClNO2/c1-3-14(4-2,10-17)9-16-13(18)11-6-5-7-12(15)8-11/h5-8,17H,3-4,9-10H2,1-2H3,(H,16,18). The predicted octanol–water partition coefficient (Wildman–Crippen LogP) is 2.87. The summed E-state index contributed by atoms with van der Waals surface area (Å²) in [6.45, 7) is 4.59. The molecule has 100 valence electrons. The Bertz CT molecular complexity index is 394. The maximum atomic E-state index is 11.9. The summed E-state index contributed by atoms with van der Waals surface area (Å²) in [6.07, 6.45) is 1.66. The van der Waals surface area contributed by atoms with Gasteiger partial charge >= 0.3 is 0 Å². The number of carbonyl (C=O) groups excluding carboxylic acids is 1. The molecular weight excluding hydrogens is 250 g/mol. The monoisotopic (exact) mass is 269 g/mol. The van der Waals surface area contributed by atoms with Crippen molar-refractivity contribution >= 4 is 17.5 Å². The third-order valence-electron chi connectivity index (χ3n) is 3.55. The molecule has 0 saturated carbocycles. The Labute approximate surface area is 113 Å². The van der Waals surface area contributed by atoms with Crippen LogP contribution < -0.4 is 5.32 Å². The Morgan fingerprint density at radius 3 is 2.56 bits per heavy atom. The number of hydrogen-bond acceptors (Lipinski definition) is 2. The summed E-state index contributed by atoms with van der Waals surface area (Å²) in [6, 6.07) is 6.83. The minimum absolute atomic E-state index is 0.0792. The van der Waals surface area contributed by atoms with Crippen LogP contribution in [-0.4, -0.2) is 24.2 Å². The van der Waals surface area contributed by atoms with Gasteiger partial charge in [0, 0.05) is 22.5 Å². The second kappa shape index (κ2) is 6.76. The number of aliphatic hydroxyl groups excluding tert-OH is 1. The summed E-state index contributed by atoms with van der Waals surface area (Å²) in [5, 5.41) is 12.8. The van der Waals surface area contributed by atoms with Gasteiger partial charge in [0.15, 0.2) is 0 Å². The van der Waals surface area contributed by atoms with E-state index in [1.807, 2.05) is 13.8 Å². The molecular formula is C14H20ClNO2. The third kappa shape index (κ3) is 3.72. The van der Waals surface area contributed by atoms with Crippen molar-refractivity contribution in [1.29, 1.82) is 0 Å². The summed E-state index contributed by atoms with van der Waals surface area (Å²) in [7, 11) is 0. The third-order valence-corrected chi connectivity index (χ3v) is 3.78. The molecule has 18 heavy (non-hydrogen) atoms. The summed E-state index contributed by atoms with van der Waals surface area (Å²) < 4.78 is 0. The first kappa shape index (κ1) is 15.0. The number of rotatable bonds is 6. The minimum atomic E-state index is -0.228. The van der Waals surface area contributed by atoms with Gasteiger partial charge in [-0.1, -0.05) is 31.5 Å². The van der Waals surface area contributed by atoms with Crippen LogP contribution in [0.4, 0.5) is 0 Å². The summed E-state index contributed by atoms with van der Waals surface area (Å²) in [5.41, 5.74) is 0.315. The lowest BCUT2D eigenvalue weighted by Crippen LogP contribution is -2.39. The minimum Gasteiger partial charge on any atom is -0.396 e. The molecule has 1 aromatic rings. The number of hydrogen-bond donors (Lipinski definition) is 2. The smallest absolute Gasteiger partial charge is 0.251 e. The molecule has 0 aliphatic rings. The molecule has 0 heterocycles. The largest absolute Gasteiger partial charge is 0.396 e. The Morgan fingerprint density at radius 2 is 2.06 bits per heavy atom. The summed E-state index contributed by atoms with van der Waals surface area (Å²) in [4.78, 5) is 11.9. The van der Waals surface area contributed by atoms with Crippen molar-refractivity contribution < 1.29 is 9.90 Å². The van der Waals surface area contributed by atoms with E-state index in [-0.39, 0.29) is 17.9 Å². The number of aliphatic hydroxyl groups is 1. The van der Waals surface area contributed by atoms with Gasteiger partial charge in [0.1, 0.15) is 0 Å². The second-order valence-electron chi connectivity index (χ2n) is 4.56. The van der Waals surface area contributed by atoms with Crippen LogP contribution in [0.25, 0.3) is 0 Å². The molecule has 0 radical (unpaired) electrons. The van der Waals surface area contributed by atoms with E-state index in [1.165, 1.54) is 0 Å². The molecule has 4 heteroatoms. The van der Waals surface area contributed by atoms with Crippen LogP contribution in [0.2, 0.25) is 5.02 Å². The van der Waals surface area contributed by atoms with E-state index < -0.39 is 0 Å². The second-order valence-corrected chi connectivity index (χ2v) is 4.99. The van der Waals surface area contributed by atoms with Crippen LogP contribution in [-0.2, 0) is 0 Å². The van der Waals surface area contributed by atoms with Crippen molar-refractivity contribution in [3.8, 4) is 0 Å². The molecule has 0 spiro atoms. The SMILES string of the molecule is CCC(CC)(CO)CNC(=O)c1cccc(Cl)c1. The van der Waals surface area contributed by atoms with Crippen molar-refractivity contribution in [2.75, 3.05) is 13.2 Å². The zero-order valence-corrected chi connectivity index (χ0v) is 11.6. The molecule has 1 aromatic carbocycles. The quantitative estimate of drug-likeness (QED) is 0.834. The molecule has 1 rings (SSSR count). The molecule has 1 amide bonds. The van der Waals surface area contributed by atoms with Gasteiger partial charge in [0.25, 0.3) is 5.91 Å². The molecule has 2 N–H and O–H groups in total. The number of amides is 1. The Kier molecular flexibility index (Phi) is 5.63. The first-order valence-corrected chi connectivity index (χ1v) is 6.59. The molecule has 0 atom stereocenters. The van der Waals surface area contributed by atoms with Gasteiger partial charge in [0.2, 0.25) is 0 Å². The van der Waals surface area contributed by atoms with E-state index in [0.717, 1.165) is 12.8 Å². The molecule has 0 aliphatic heterocycles. The maximum Gasteiger partial charge on any atom is 0.251 e. The van der Waals surface area contributed by atoms with E-state index >= 15 is 0 Å². The van der Waals surface area contributed by atoms with Crippen LogP contribution in [0.5, 0.6) is 0 Å². The van der Waals surface area contributed by atoms with Gasteiger partial charge in [-0.3, -0.25) is 4.79 Å². The van der Waals surface area contributed by atoms with Gasteiger partial charge in [-0.15, -0.1) is 0 Å². The van der Waals surface area contributed by atoms with Crippen LogP contribution in [0.1, 0.15) is 37.0 Å². The lowest BCUT2D eigenvalue weighted by molar-refractivity contribution is 0.0851. The maximum absolute atomic E-state index is 11.9. The lowest BCUT2D eigenvalue weighted by atomic mass is 9.83. The molecule has 0 unspecified atom stereocenters. The van der Waals surface area contributed by atoms with E-state index in [0.29, 0.717) is 17.1 Å². The summed E-state index contributed by atoms with van der Waals surface area (Å²) in [5.74, 6) is -0.155. The van der Waals surface area contributed by atoms with Crippen LogP contribution in [0.15, 0.2) is 24.3 Å². The van der Waals surface area contributed by atoms with E-state index in [4.69, 9.17) is 11.6 Å². The summed E-state index contributed by atoms with van der Waals surface area (Å²) >= 11 is 5.84. The molecule has 0 saturated heterocycles. The van der Waals surface area contributed by atoms with Gasteiger partial charge in [-0.05, 0) is 31.0 Å². The van der Waals surface area contributed by atoms with E-state index in [9.17, 15) is 9.90 Å². The van der Waals surface area contributed by atoms with Gasteiger partial charge in [-0.25, -0.2) is 0 Å². The predicted molar refractivity (Wildman–Crippen MR) is 73.9 cm³/mol. The average molecular weight is 270 g/mol. The first-order valence-electron chi connectivity index (χ1n) is 6.21. The highest BCUT2D eigenvalue weighted by atomic mass is 35.5. The fourth-order valence-corrected chi connectivity index (χ4v) is 1.97. The fraction of sp³-hybridized carbons (Fsp3) is 0.500. The number of benzene rings is 1. The van der Waals surface area contributed by atoms with Gasteiger partial charge in [0.05, 0.1) is 6.61 Å². The molecule has 0 fully saturated rings. The Balaban J connectivity index is 2.66. The molecule has 0 aromatic heterocycles. The number of nitrogens with one attached hydrogen (secondary N) is 1. The lowest BCUT2D eigenvalue weighted by Gasteiger charge is -2.29. The van der Waals surface area contributed by atoms with Crippen LogP contribution in [0.3, 0.4) is 0 Å². The van der Waals surface area contributed by atoms with Crippen molar-refractivity contribution in [2.24, 2.45) is 5.41 Å². The van der Waals surface area contributed by atoms with E-state index in [1.54, 1.807) is 24.3 Å². The van der Waals surface area contributed by atoms with Crippen LogP contribution >= 0.6 is 11.6 Å². The van der Waals surface area contributed by atoms with Crippen molar-refractivity contribution in [3.05, 3.63) is 34.9 Å². The Hall–Kier alpha value is -1.06. The number of carbonyl (C=O) groups is 1. The topological polar surface area (TPSA) is 49.3 Å². The molecule has 0 aliphatic carbocycles. The highest BCUT2D eigenvalue weighted by Crippen LogP contribution is 2.24.